The molecule has 6 heteroatoms. The van der Waals surface area contributed by atoms with Crippen LogP contribution in [-0.2, 0) is 10.1 Å². The summed E-state index contributed by atoms with van der Waals surface area (Å²) in [4.78, 5) is -0.264. The summed E-state index contributed by atoms with van der Waals surface area (Å²) in [6.45, 7) is 0. The van der Waals surface area contributed by atoms with Crippen molar-refractivity contribution in [3.63, 3.8) is 0 Å². The summed E-state index contributed by atoms with van der Waals surface area (Å²) >= 11 is 2.88. The lowest BCUT2D eigenvalue weighted by molar-refractivity contribution is 0.472. The van der Waals surface area contributed by atoms with Crippen LogP contribution in [0.15, 0.2) is 27.6 Å². The van der Waals surface area contributed by atoms with Crippen molar-refractivity contribution in [1.82, 2.24) is 0 Å². The highest BCUT2D eigenvalue weighted by molar-refractivity contribution is 9.10. The van der Waals surface area contributed by atoms with E-state index in [4.69, 9.17) is 9.66 Å². The molecule has 0 fully saturated rings. The van der Waals surface area contributed by atoms with Crippen LogP contribution in [-0.4, -0.2) is 18.1 Å². The van der Waals surface area contributed by atoms with Crippen molar-refractivity contribution >= 4 is 26.0 Å². The van der Waals surface area contributed by atoms with Crippen molar-refractivity contribution in [2.45, 2.75) is 4.90 Å². The smallest absolute Gasteiger partial charge is 0.295 e. The third-order valence-electron chi connectivity index (χ3n) is 1.19. The average molecular weight is 253 g/mol. The van der Waals surface area contributed by atoms with E-state index in [2.05, 4.69) is 15.9 Å². The summed E-state index contributed by atoms with van der Waals surface area (Å²) in [5.41, 5.74) is 0. The van der Waals surface area contributed by atoms with E-state index in [-0.39, 0.29) is 15.1 Å². The van der Waals surface area contributed by atoms with Crippen LogP contribution in [0.5, 0.6) is 5.75 Å². The minimum atomic E-state index is -4.21. The fourth-order valence-electron chi connectivity index (χ4n) is 0.699. The topological polar surface area (TPSA) is 74.6 Å². The van der Waals surface area contributed by atoms with E-state index in [0.717, 1.165) is 6.07 Å². The highest BCUT2D eigenvalue weighted by Crippen LogP contribution is 2.25. The Balaban J connectivity index is 3.39. The fourth-order valence-corrected chi connectivity index (χ4v) is 2.22. The van der Waals surface area contributed by atoms with Crippen LogP contribution in [0.2, 0.25) is 0 Å². The van der Waals surface area contributed by atoms with E-state index in [1.165, 1.54) is 12.1 Å². The molecule has 66 valence electrons. The number of hydrogen-bond donors (Lipinski definition) is 2. The summed E-state index contributed by atoms with van der Waals surface area (Å²) in [7, 11) is -4.21. The zero-order valence-corrected chi connectivity index (χ0v) is 8.13. The van der Waals surface area contributed by atoms with Gasteiger partial charge in [-0.25, -0.2) is 0 Å². The zero-order chi connectivity index (χ0) is 9.35. The molecule has 1 aromatic rings. The van der Waals surface area contributed by atoms with E-state index in [9.17, 15) is 8.42 Å². The Kier molecular flexibility index (Phi) is 2.41. The van der Waals surface area contributed by atoms with Gasteiger partial charge in [-0.15, -0.1) is 0 Å². The number of hydrogen-bond acceptors (Lipinski definition) is 3. The molecule has 0 heterocycles. The number of rotatable bonds is 1. The number of halogens is 1. The Hall–Kier alpha value is -0.590. The van der Waals surface area contributed by atoms with Crippen LogP contribution in [0, 0.1) is 0 Å². The van der Waals surface area contributed by atoms with Crippen molar-refractivity contribution in [1.29, 1.82) is 0 Å². The monoisotopic (exact) mass is 252 g/mol. The first-order valence-electron chi connectivity index (χ1n) is 2.87. The van der Waals surface area contributed by atoms with Gasteiger partial charge in [-0.2, -0.15) is 8.42 Å². The first-order valence-corrected chi connectivity index (χ1v) is 5.10. The fraction of sp³-hybridized carbons (Fsp3) is 0. The highest BCUT2D eigenvalue weighted by atomic mass is 79.9. The summed E-state index contributed by atoms with van der Waals surface area (Å²) in [6, 6.07) is 3.46. The van der Waals surface area contributed by atoms with Crippen molar-refractivity contribution < 1.29 is 18.1 Å². The number of aromatic hydroxyl groups is 1. The van der Waals surface area contributed by atoms with Gasteiger partial charge in [-0.1, -0.05) is 0 Å². The molecule has 0 spiro atoms. The molecule has 1 rings (SSSR count). The zero-order valence-electron chi connectivity index (χ0n) is 5.73. The minimum absolute atomic E-state index is 0.0747. The van der Waals surface area contributed by atoms with Gasteiger partial charge in [0.1, 0.15) is 10.6 Å². The lowest BCUT2D eigenvalue weighted by Gasteiger charge is -1.99. The number of phenolic OH excluding ortho intramolecular Hbond substituents is 1. The summed E-state index contributed by atoms with van der Waals surface area (Å²) in [6.07, 6.45) is 0. The molecule has 0 bridgehead atoms. The Morgan fingerprint density at radius 2 is 1.92 bits per heavy atom. The molecule has 2 N–H and O–H groups in total. The molecule has 0 saturated carbocycles. The van der Waals surface area contributed by atoms with Crippen LogP contribution in [0.3, 0.4) is 0 Å². The Bertz CT molecular complexity index is 398. The largest absolute Gasteiger partial charge is 0.508 e. The molecule has 0 saturated heterocycles. The molecule has 0 aromatic heterocycles. The number of benzene rings is 1. The summed E-state index contributed by atoms with van der Waals surface area (Å²) in [5.74, 6) is -0.0747. The standard InChI is InChI=1S/C6H5BrO4S/c7-5-3-4(8)1-2-6(5)12(9,10)11/h1-3,8H,(H,9,10,11). The van der Waals surface area contributed by atoms with Crippen LogP contribution >= 0.6 is 15.9 Å². The van der Waals surface area contributed by atoms with Crippen LogP contribution in [0.4, 0.5) is 0 Å². The first-order chi connectivity index (χ1) is 5.41. The van der Waals surface area contributed by atoms with Gasteiger partial charge in [-0.3, -0.25) is 4.55 Å². The van der Waals surface area contributed by atoms with Gasteiger partial charge in [0.15, 0.2) is 0 Å². The highest BCUT2D eigenvalue weighted by Gasteiger charge is 2.13. The first kappa shape index (κ1) is 9.50. The van der Waals surface area contributed by atoms with Crippen LogP contribution in [0.1, 0.15) is 0 Å². The average Bonchev–Trinajstić information content (AvgIpc) is 1.83. The van der Waals surface area contributed by atoms with Crippen molar-refractivity contribution in [2.24, 2.45) is 0 Å². The van der Waals surface area contributed by atoms with E-state index >= 15 is 0 Å². The molecule has 0 aliphatic carbocycles. The van der Waals surface area contributed by atoms with Gasteiger partial charge in [0.2, 0.25) is 0 Å². The molecule has 0 atom stereocenters. The second-order valence-electron chi connectivity index (χ2n) is 2.09. The molecule has 12 heavy (non-hydrogen) atoms. The van der Waals surface area contributed by atoms with Gasteiger partial charge < -0.3 is 5.11 Å². The molecular weight excluding hydrogens is 248 g/mol. The lowest BCUT2D eigenvalue weighted by atomic mass is 10.3. The van der Waals surface area contributed by atoms with Crippen molar-refractivity contribution in [3.8, 4) is 5.75 Å². The van der Waals surface area contributed by atoms with E-state index in [0.29, 0.717) is 0 Å². The maximum atomic E-state index is 10.6. The van der Waals surface area contributed by atoms with E-state index < -0.39 is 10.1 Å². The van der Waals surface area contributed by atoms with Crippen molar-refractivity contribution in [3.05, 3.63) is 22.7 Å². The van der Waals surface area contributed by atoms with Crippen molar-refractivity contribution in [2.75, 3.05) is 0 Å². The Labute approximate surface area is 77.7 Å². The van der Waals surface area contributed by atoms with Crippen LogP contribution < -0.4 is 0 Å². The van der Waals surface area contributed by atoms with Gasteiger partial charge >= 0.3 is 0 Å². The minimum Gasteiger partial charge on any atom is -0.508 e. The lowest BCUT2D eigenvalue weighted by Crippen LogP contribution is -1.98. The predicted molar refractivity (Wildman–Crippen MR) is 45.6 cm³/mol. The predicted octanol–water partition coefficient (Wildman–Crippen LogP) is 1.40. The quantitative estimate of drug-likeness (QED) is 0.742. The molecule has 0 amide bonds. The van der Waals surface area contributed by atoms with E-state index in [1.54, 1.807) is 0 Å². The second kappa shape index (κ2) is 3.04. The molecule has 1 aromatic carbocycles. The summed E-state index contributed by atoms with van der Waals surface area (Å²) < 4.78 is 30.0. The Morgan fingerprint density at radius 1 is 1.33 bits per heavy atom. The van der Waals surface area contributed by atoms with E-state index in [1.807, 2.05) is 0 Å². The summed E-state index contributed by atoms with van der Waals surface area (Å²) in [5, 5.41) is 8.90. The van der Waals surface area contributed by atoms with Gasteiger partial charge in [0, 0.05) is 4.47 Å². The Morgan fingerprint density at radius 3 is 2.33 bits per heavy atom. The molecule has 0 aliphatic heterocycles. The normalized spacial score (nSPS) is 11.5. The van der Waals surface area contributed by atoms with Gasteiger partial charge in [0.05, 0.1) is 0 Å². The van der Waals surface area contributed by atoms with Gasteiger partial charge in [0.25, 0.3) is 10.1 Å². The third kappa shape index (κ3) is 1.96. The van der Waals surface area contributed by atoms with Gasteiger partial charge in [-0.05, 0) is 34.1 Å². The molecule has 4 nitrogen and oxygen atoms in total. The van der Waals surface area contributed by atoms with Crippen LogP contribution in [0.25, 0.3) is 0 Å². The molecular formula is C6H5BrO4S. The molecule has 0 radical (unpaired) electrons. The maximum Gasteiger partial charge on any atom is 0.295 e. The molecule has 0 aliphatic rings. The SMILES string of the molecule is O=S(=O)(O)c1ccc(O)cc1Br. The third-order valence-corrected chi connectivity index (χ3v) is 3.02. The number of phenols is 1. The molecule has 0 unspecified atom stereocenters. The second-order valence-corrected chi connectivity index (χ2v) is 4.33. The maximum absolute atomic E-state index is 10.6.